The molecule has 0 aromatic heterocycles. The van der Waals surface area contributed by atoms with Gasteiger partial charge >= 0.3 is 5.97 Å². The molecule has 0 saturated carbocycles. The van der Waals surface area contributed by atoms with Gasteiger partial charge in [-0.2, -0.15) is 4.31 Å². The summed E-state index contributed by atoms with van der Waals surface area (Å²) in [7, 11) is -3.81. The van der Waals surface area contributed by atoms with Crippen LogP contribution in [0, 0.1) is 17.0 Å². The van der Waals surface area contributed by atoms with E-state index in [9.17, 15) is 23.3 Å². The highest BCUT2D eigenvalue weighted by atomic mass is 32.2. The van der Waals surface area contributed by atoms with Crippen molar-refractivity contribution in [1.82, 2.24) is 4.31 Å². The zero-order valence-electron chi connectivity index (χ0n) is 16.0. The van der Waals surface area contributed by atoms with E-state index in [-0.39, 0.29) is 23.7 Å². The first-order chi connectivity index (χ1) is 13.8. The quantitative estimate of drug-likeness (QED) is 0.405. The second kappa shape index (κ2) is 8.71. The molecule has 29 heavy (non-hydrogen) atoms. The van der Waals surface area contributed by atoms with Crippen molar-refractivity contribution >= 4 is 21.7 Å². The number of benzene rings is 2. The van der Waals surface area contributed by atoms with E-state index in [0.29, 0.717) is 18.4 Å². The summed E-state index contributed by atoms with van der Waals surface area (Å²) >= 11 is 0. The monoisotopic (exact) mass is 418 g/mol. The Labute approximate surface area is 169 Å². The van der Waals surface area contributed by atoms with Crippen LogP contribution < -0.4 is 0 Å². The van der Waals surface area contributed by atoms with Crippen LogP contribution in [0.1, 0.15) is 30.4 Å². The highest BCUT2D eigenvalue weighted by molar-refractivity contribution is 7.89. The van der Waals surface area contributed by atoms with Crippen LogP contribution in [0.5, 0.6) is 0 Å². The number of aryl methyl sites for hydroxylation is 1. The number of esters is 1. The Balaban J connectivity index is 1.72. The molecule has 0 N–H and O–H groups in total. The maximum Gasteiger partial charge on any atom is 0.324 e. The van der Waals surface area contributed by atoms with Gasteiger partial charge in [0.1, 0.15) is 12.6 Å². The van der Waals surface area contributed by atoms with Crippen molar-refractivity contribution in [3.05, 3.63) is 69.8 Å². The molecule has 0 spiro atoms. The van der Waals surface area contributed by atoms with Gasteiger partial charge in [0.2, 0.25) is 10.0 Å². The molecule has 1 saturated heterocycles. The molecule has 154 valence electrons. The largest absolute Gasteiger partial charge is 0.460 e. The van der Waals surface area contributed by atoms with Gasteiger partial charge < -0.3 is 4.74 Å². The van der Waals surface area contributed by atoms with Crippen molar-refractivity contribution in [3.63, 3.8) is 0 Å². The number of ether oxygens (including phenoxy) is 1. The van der Waals surface area contributed by atoms with Crippen molar-refractivity contribution < 1.29 is 22.9 Å². The van der Waals surface area contributed by atoms with E-state index in [0.717, 1.165) is 12.0 Å². The first-order valence-electron chi connectivity index (χ1n) is 9.27. The SMILES string of the molecule is Cc1ccc(S(=O)(=O)N2CCCCC2C(=O)OCc2ccc([N+](=O)[O-])cc2)cc1. The highest BCUT2D eigenvalue weighted by Crippen LogP contribution is 2.26. The van der Waals surface area contributed by atoms with Crippen LogP contribution in [-0.4, -0.2) is 36.2 Å². The lowest BCUT2D eigenvalue weighted by atomic mass is 10.1. The Bertz CT molecular complexity index is 987. The van der Waals surface area contributed by atoms with Crippen molar-refractivity contribution in [1.29, 1.82) is 0 Å². The van der Waals surface area contributed by atoms with Crippen molar-refractivity contribution in [2.75, 3.05) is 6.54 Å². The average Bonchev–Trinajstić information content (AvgIpc) is 2.72. The van der Waals surface area contributed by atoms with Gasteiger partial charge in [-0.3, -0.25) is 14.9 Å². The molecule has 0 amide bonds. The fraction of sp³-hybridized carbons (Fsp3) is 0.350. The van der Waals surface area contributed by atoms with Crippen LogP contribution >= 0.6 is 0 Å². The number of non-ortho nitro benzene ring substituents is 1. The van der Waals surface area contributed by atoms with E-state index >= 15 is 0 Å². The molecule has 1 aliphatic rings. The summed E-state index contributed by atoms with van der Waals surface area (Å²) in [6, 6.07) is 11.3. The normalized spacial score (nSPS) is 17.6. The predicted octanol–water partition coefficient (Wildman–Crippen LogP) is 3.19. The minimum absolute atomic E-state index is 0.0530. The van der Waals surface area contributed by atoms with Crippen LogP contribution in [-0.2, 0) is 26.2 Å². The van der Waals surface area contributed by atoms with Gasteiger partial charge in [-0.05, 0) is 56.0 Å². The van der Waals surface area contributed by atoms with Gasteiger partial charge in [-0.25, -0.2) is 8.42 Å². The summed E-state index contributed by atoms with van der Waals surface area (Å²) < 4.78 is 32.6. The Kier molecular flexibility index (Phi) is 6.29. The standard InChI is InChI=1S/C20H22N2O6S/c1-15-5-11-18(12-6-15)29(26,27)21-13-3-2-4-19(21)20(23)28-14-16-7-9-17(10-8-16)22(24)25/h5-12,19H,2-4,13-14H2,1H3. The Morgan fingerprint density at radius 2 is 1.79 bits per heavy atom. The van der Waals surface area contributed by atoms with Gasteiger partial charge in [0.15, 0.2) is 0 Å². The van der Waals surface area contributed by atoms with E-state index < -0.39 is 27.0 Å². The number of nitro groups is 1. The maximum atomic E-state index is 13.0. The summed E-state index contributed by atoms with van der Waals surface area (Å²) in [6.45, 7) is 2.05. The third-order valence-electron chi connectivity index (χ3n) is 4.88. The van der Waals surface area contributed by atoms with Crippen molar-refractivity contribution in [2.45, 2.75) is 43.7 Å². The zero-order valence-corrected chi connectivity index (χ0v) is 16.8. The van der Waals surface area contributed by atoms with Gasteiger partial charge in [0.25, 0.3) is 5.69 Å². The number of nitro benzene ring substituents is 1. The third kappa shape index (κ3) is 4.80. The highest BCUT2D eigenvalue weighted by Gasteiger charge is 2.38. The summed E-state index contributed by atoms with van der Waals surface area (Å²) in [5.41, 5.74) is 1.48. The number of hydrogen-bond acceptors (Lipinski definition) is 6. The van der Waals surface area contributed by atoms with E-state index in [4.69, 9.17) is 4.74 Å². The lowest BCUT2D eigenvalue weighted by Crippen LogP contribution is -2.48. The van der Waals surface area contributed by atoms with E-state index in [2.05, 4.69) is 0 Å². The van der Waals surface area contributed by atoms with E-state index in [1.54, 1.807) is 24.3 Å². The smallest absolute Gasteiger partial charge is 0.324 e. The van der Waals surface area contributed by atoms with E-state index in [1.165, 1.54) is 28.6 Å². The van der Waals surface area contributed by atoms with Crippen LogP contribution in [0.15, 0.2) is 53.4 Å². The second-order valence-corrected chi connectivity index (χ2v) is 8.86. The molecule has 1 heterocycles. The molecule has 8 nitrogen and oxygen atoms in total. The number of carbonyl (C=O) groups excluding carboxylic acids is 1. The third-order valence-corrected chi connectivity index (χ3v) is 6.80. The molecule has 2 aromatic carbocycles. The van der Waals surface area contributed by atoms with Crippen molar-refractivity contribution in [3.8, 4) is 0 Å². The van der Waals surface area contributed by atoms with Crippen LogP contribution in [0.2, 0.25) is 0 Å². The molecule has 3 rings (SSSR count). The predicted molar refractivity (Wildman–Crippen MR) is 106 cm³/mol. The molecule has 1 aliphatic heterocycles. The summed E-state index contributed by atoms with van der Waals surface area (Å²) in [5.74, 6) is -0.612. The molecule has 2 aromatic rings. The summed E-state index contributed by atoms with van der Waals surface area (Å²) in [6.07, 6.45) is 1.80. The summed E-state index contributed by atoms with van der Waals surface area (Å²) in [4.78, 5) is 23.0. The van der Waals surface area contributed by atoms with Crippen LogP contribution in [0.3, 0.4) is 0 Å². The first-order valence-corrected chi connectivity index (χ1v) is 10.7. The van der Waals surface area contributed by atoms with E-state index in [1.807, 2.05) is 6.92 Å². The molecule has 0 aliphatic carbocycles. The topological polar surface area (TPSA) is 107 Å². The van der Waals surface area contributed by atoms with Gasteiger partial charge in [0, 0.05) is 18.7 Å². The minimum Gasteiger partial charge on any atom is -0.460 e. The molecular weight excluding hydrogens is 396 g/mol. The molecule has 1 unspecified atom stereocenters. The molecule has 1 atom stereocenters. The zero-order chi connectivity index (χ0) is 21.0. The lowest BCUT2D eigenvalue weighted by Gasteiger charge is -2.33. The Morgan fingerprint density at radius 3 is 2.41 bits per heavy atom. The number of nitrogens with zero attached hydrogens (tertiary/aromatic N) is 2. The Morgan fingerprint density at radius 1 is 1.14 bits per heavy atom. The molecule has 0 radical (unpaired) electrons. The number of rotatable bonds is 6. The molecule has 9 heteroatoms. The van der Waals surface area contributed by atoms with Crippen LogP contribution in [0.25, 0.3) is 0 Å². The van der Waals surface area contributed by atoms with Crippen LogP contribution in [0.4, 0.5) is 5.69 Å². The molecule has 1 fully saturated rings. The number of hydrogen-bond donors (Lipinski definition) is 0. The molecular formula is C20H22N2O6S. The van der Waals surface area contributed by atoms with Gasteiger partial charge in [-0.1, -0.05) is 17.7 Å². The number of sulfonamides is 1. The van der Waals surface area contributed by atoms with Crippen molar-refractivity contribution in [2.24, 2.45) is 0 Å². The maximum absolute atomic E-state index is 13.0. The Hall–Kier alpha value is -2.78. The number of carbonyl (C=O) groups is 1. The second-order valence-electron chi connectivity index (χ2n) is 6.97. The lowest BCUT2D eigenvalue weighted by molar-refractivity contribution is -0.384. The first kappa shape index (κ1) is 20.9. The minimum atomic E-state index is -3.81. The average molecular weight is 418 g/mol. The van der Waals surface area contributed by atoms with Gasteiger partial charge in [0.05, 0.1) is 9.82 Å². The van der Waals surface area contributed by atoms with Gasteiger partial charge in [-0.15, -0.1) is 0 Å². The molecule has 0 bridgehead atoms. The fourth-order valence-corrected chi connectivity index (χ4v) is 4.89. The number of piperidine rings is 1. The summed E-state index contributed by atoms with van der Waals surface area (Å²) in [5, 5.41) is 10.7. The fourth-order valence-electron chi connectivity index (χ4n) is 3.24.